The molecule has 2 N–H and O–H groups in total. The third-order valence-corrected chi connectivity index (χ3v) is 3.04. The van der Waals surface area contributed by atoms with Gasteiger partial charge in [-0.3, -0.25) is 5.10 Å². The number of aromatic amines is 1. The van der Waals surface area contributed by atoms with Gasteiger partial charge in [-0.15, -0.1) is 0 Å². The standard InChI is InChI=1S/C15H21N3O/c1-15(2,11-19-3)16-9-13-10-17-18-14(13)12-7-5-4-6-8-12/h4-8,10,16H,9,11H2,1-3H3,(H,17,18). The van der Waals surface area contributed by atoms with E-state index in [4.69, 9.17) is 4.74 Å². The molecule has 0 aliphatic heterocycles. The molecule has 0 aliphatic carbocycles. The Morgan fingerprint density at radius 3 is 2.68 bits per heavy atom. The first kappa shape index (κ1) is 13.8. The zero-order chi connectivity index (χ0) is 13.7. The summed E-state index contributed by atoms with van der Waals surface area (Å²) in [6, 6.07) is 10.2. The van der Waals surface area contributed by atoms with E-state index in [-0.39, 0.29) is 5.54 Å². The molecule has 0 saturated carbocycles. The van der Waals surface area contributed by atoms with E-state index in [2.05, 4.69) is 41.5 Å². The monoisotopic (exact) mass is 259 g/mol. The van der Waals surface area contributed by atoms with Gasteiger partial charge in [0.2, 0.25) is 0 Å². The van der Waals surface area contributed by atoms with Crippen molar-refractivity contribution in [2.24, 2.45) is 0 Å². The van der Waals surface area contributed by atoms with Crippen LogP contribution in [0.2, 0.25) is 0 Å². The molecule has 102 valence electrons. The van der Waals surface area contributed by atoms with Gasteiger partial charge in [0.1, 0.15) is 0 Å². The van der Waals surface area contributed by atoms with Gasteiger partial charge in [-0.25, -0.2) is 0 Å². The molecule has 0 spiro atoms. The van der Waals surface area contributed by atoms with Crippen molar-refractivity contribution < 1.29 is 4.74 Å². The van der Waals surface area contributed by atoms with Crippen LogP contribution in [-0.4, -0.2) is 29.5 Å². The smallest absolute Gasteiger partial charge is 0.0695 e. The molecule has 0 radical (unpaired) electrons. The van der Waals surface area contributed by atoms with Crippen molar-refractivity contribution in [3.8, 4) is 11.3 Å². The number of hydrogen-bond acceptors (Lipinski definition) is 3. The molecule has 0 bridgehead atoms. The number of ether oxygens (including phenoxy) is 1. The van der Waals surface area contributed by atoms with Gasteiger partial charge in [0.05, 0.1) is 18.5 Å². The Morgan fingerprint density at radius 1 is 1.26 bits per heavy atom. The molecule has 1 aromatic heterocycles. The lowest BCUT2D eigenvalue weighted by molar-refractivity contribution is 0.128. The van der Waals surface area contributed by atoms with Gasteiger partial charge in [-0.2, -0.15) is 5.10 Å². The molecular formula is C15H21N3O. The van der Waals surface area contributed by atoms with Crippen molar-refractivity contribution in [1.29, 1.82) is 0 Å². The normalized spacial score (nSPS) is 11.7. The fraction of sp³-hybridized carbons (Fsp3) is 0.400. The maximum atomic E-state index is 5.21. The van der Waals surface area contributed by atoms with Gasteiger partial charge in [0.25, 0.3) is 0 Å². The van der Waals surface area contributed by atoms with Crippen LogP contribution in [0.4, 0.5) is 0 Å². The van der Waals surface area contributed by atoms with E-state index in [9.17, 15) is 0 Å². The average Bonchev–Trinajstić information content (AvgIpc) is 2.86. The molecule has 2 rings (SSSR count). The Balaban J connectivity index is 2.09. The molecule has 0 unspecified atom stereocenters. The van der Waals surface area contributed by atoms with Crippen LogP contribution in [0, 0.1) is 0 Å². The predicted octanol–water partition coefficient (Wildman–Crippen LogP) is 2.59. The molecule has 0 aliphatic rings. The van der Waals surface area contributed by atoms with E-state index in [0.717, 1.165) is 23.4 Å². The summed E-state index contributed by atoms with van der Waals surface area (Å²) in [6.07, 6.45) is 1.87. The van der Waals surface area contributed by atoms with E-state index >= 15 is 0 Å². The van der Waals surface area contributed by atoms with Gasteiger partial charge in [0, 0.05) is 24.8 Å². The molecule has 1 aromatic carbocycles. The van der Waals surface area contributed by atoms with Crippen LogP contribution in [0.25, 0.3) is 11.3 Å². The molecule has 0 amide bonds. The summed E-state index contributed by atoms with van der Waals surface area (Å²) in [5, 5.41) is 10.7. The van der Waals surface area contributed by atoms with Crippen LogP contribution in [-0.2, 0) is 11.3 Å². The molecule has 1 heterocycles. The van der Waals surface area contributed by atoms with E-state index in [1.807, 2.05) is 24.4 Å². The largest absolute Gasteiger partial charge is 0.383 e. The molecule has 0 fully saturated rings. The summed E-state index contributed by atoms with van der Waals surface area (Å²) in [4.78, 5) is 0. The SMILES string of the molecule is COCC(C)(C)NCc1cn[nH]c1-c1ccccc1. The lowest BCUT2D eigenvalue weighted by Crippen LogP contribution is -2.42. The Labute approximate surface area is 114 Å². The van der Waals surface area contributed by atoms with Crippen molar-refractivity contribution in [2.45, 2.75) is 25.9 Å². The highest BCUT2D eigenvalue weighted by molar-refractivity contribution is 5.62. The topological polar surface area (TPSA) is 49.9 Å². The highest BCUT2D eigenvalue weighted by Crippen LogP contribution is 2.20. The molecular weight excluding hydrogens is 238 g/mol. The third-order valence-electron chi connectivity index (χ3n) is 3.04. The fourth-order valence-corrected chi connectivity index (χ4v) is 2.05. The number of nitrogens with one attached hydrogen (secondary N) is 2. The molecule has 4 heteroatoms. The van der Waals surface area contributed by atoms with E-state index in [0.29, 0.717) is 6.61 Å². The number of aromatic nitrogens is 2. The lowest BCUT2D eigenvalue weighted by atomic mass is 10.0. The minimum absolute atomic E-state index is 0.0556. The van der Waals surface area contributed by atoms with Crippen LogP contribution in [0.5, 0.6) is 0 Å². The second-order valence-electron chi connectivity index (χ2n) is 5.31. The highest BCUT2D eigenvalue weighted by Gasteiger charge is 2.17. The van der Waals surface area contributed by atoms with Gasteiger partial charge in [-0.05, 0) is 19.4 Å². The number of methoxy groups -OCH3 is 1. The fourth-order valence-electron chi connectivity index (χ4n) is 2.05. The third kappa shape index (κ3) is 3.66. The molecule has 4 nitrogen and oxygen atoms in total. The quantitative estimate of drug-likeness (QED) is 0.838. The van der Waals surface area contributed by atoms with Crippen molar-refractivity contribution >= 4 is 0 Å². The van der Waals surface area contributed by atoms with Crippen LogP contribution in [0.1, 0.15) is 19.4 Å². The first-order chi connectivity index (χ1) is 9.12. The van der Waals surface area contributed by atoms with Crippen LogP contribution >= 0.6 is 0 Å². The van der Waals surface area contributed by atoms with Crippen molar-refractivity contribution in [2.75, 3.05) is 13.7 Å². The van der Waals surface area contributed by atoms with E-state index in [1.165, 1.54) is 0 Å². The molecule has 19 heavy (non-hydrogen) atoms. The minimum atomic E-state index is -0.0556. The number of benzene rings is 1. The Bertz CT molecular complexity index is 505. The summed E-state index contributed by atoms with van der Waals surface area (Å²) < 4.78 is 5.21. The molecule has 0 atom stereocenters. The number of hydrogen-bond donors (Lipinski definition) is 2. The Hall–Kier alpha value is -1.65. The second kappa shape index (κ2) is 5.99. The van der Waals surface area contributed by atoms with E-state index in [1.54, 1.807) is 7.11 Å². The predicted molar refractivity (Wildman–Crippen MR) is 76.8 cm³/mol. The maximum Gasteiger partial charge on any atom is 0.0695 e. The van der Waals surface area contributed by atoms with Gasteiger partial charge in [0.15, 0.2) is 0 Å². The molecule has 0 saturated heterocycles. The number of H-pyrrole nitrogens is 1. The van der Waals surface area contributed by atoms with Crippen LogP contribution < -0.4 is 5.32 Å². The van der Waals surface area contributed by atoms with Gasteiger partial charge < -0.3 is 10.1 Å². The minimum Gasteiger partial charge on any atom is -0.383 e. The number of nitrogens with zero attached hydrogens (tertiary/aromatic N) is 1. The Morgan fingerprint density at radius 2 is 2.00 bits per heavy atom. The highest BCUT2D eigenvalue weighted by atomic mass is 16.5. The summed E-state index contributed by atoms with van der Waals surface area (Å²) in [5.41, 5.74) is 3.33. The number of rotatable bonds is 6. The maximum absolute atomic E-state index is 5.21. The summed E-state index contributed by atoms with van der Waals surface area (Å²) in [5.74, 6) is 0. The molecule has 2 aromatic rings. The first-order valence-electron chi connectivity index (χ1n) is 6.44. The van der Waals surface area contributed by atoms with Crippen molar-refractivity contribution in [3.63, 3.8) is 0 Å². The summed E-state index contributed by atoms with van der Waals surface area (Å²) in [6.45, 7) is 5.68. The van der Waals surface area contributed by atoms with Crippen LogP contribution in [0.3, 0.4) is 0 Å². The van der Waals surface area contributed by atoms with Gasteiger partial charge >= 0.3 is 0 Å². The van der Waals surface area contributed by atoms with E-state index < -0.39 is 0 Å². The second-order valence-corrected chi connectivity index (χ2v) is 5.31. The first-order valence-corrected chi connectivity index (χ1v) is 6.44. The van der Waals surface area contributed by atoms with Crippen molar-refractivity contribution in [3.05, 3.63) is 42.1 Å². The zero-order valence-electron chi connectivity index (χ0n) is 11.7. The summed E-state index contributed by atoms with van der Waals surface area (Å²) >= 11 is 0. The lowest BCUT2D eigenvalue weighted by Gasteiger charge is -2.25. The van der Waals surface area contributed by atoms with Gasteiger partial charge in [-0.1, -0.05) is 30.3 Å². The van der Waals surface area contributed by atoms with Crippen LogP contribution in [0.15, 0.2) is 36.5 Å². The Kier molecular flexibility index (Phi) is 4.35. The summed E-state index contributed by atoms with van der Waals surface area (Å²) in [7, 11) is 1.72. The van der Waals surface area contributed by atoms with Crippen molar-refractivity contribution in [1.82, 2.24) is 15.5 Å². The average molecular weight is 259 g/mol. The zero-order valence-corrected chi connectivity index (χ0v) is 11.7.